The molecule has 1 aromatic heterocycles. The minimum atomic E-state index is -3.30. The Kier molecular flexibility index (Phi) is 4.78. The fraction of sp³-hybridized carbons (Fsp3) is 0.643. The number of hydrogen-bond donors (Lipinski definition) is 1. The lowest BCUT2D eigenvalue weighted by atomic mass is 9.98. The Labute approximate surface area is 121 Å². The Hall–Kier alpha value is -0.980. The predicted molar refractivity (Wildman–Crippen MR) is 79.7 cm³/mol. The van der Waals surface area contributed by atoms with Crippen LogP contribution in [0.2, 0.25) is 0 Å². The first-order valence-electron chi connectivity index (χ1n) is 7.07. The van der Waals surface area contributed by atoms with Crippen LogP contribution >= 0.6 is 0 Å². The van der Waals surface area contributed by atoms with E-state index in [2.05, 4.69) is 4.98 Å². The first-order chi connectivity index (χ1) is 9.50. The third-order valence-electron chi connectivity index (χ3n) is 4.34. The normalized spacial score (nSPS) is 18.6. The molecule has 1 fully saturated rings. The summed E-state index contributed by atoms with van der Waals surface area (Å²) >= 11 is 0. The van der Waals surface area contributed by atoms with Gasteiger partial charge in [-0.3, -0.25) is 4.98 Å². The van der Waals surface area contributed by atoms with Crippen molar-refractivity contribution in [3.8, 4) is 0 Å². The van der Waals surface area contributed by atoms with E-state index in [1.807, 2.05) is 18.2 Å². The topological polar surface area (TPSA) is 76.3 Å². The minimum Gasteiger partial charge on any atom is -0.329 e. The van der Waals surface area contributed by atoms with E-state index in [0.29, 0.717) is 13.0 Å². The van der Waals surface area contributed by atoms with E-state index in [1.165, 1.54) is 4.31 Å². The van der Waals surface area contributed by atoms with E-state index in [0.717, 1.165) is 31.4 Å². The van der Waals surface area contributed by atoms with Gasteiger partial charge < -0.3 is 5.73 Å². The van der Waals surface area contributed by atoms with Crippen molar-refractivity contribution in [1.29, 1.82) is 0 Å². The van der Waals surface area contributed by atoms with Crippen LogP contribution in [0.1, 0.15) is 31.4 Å². The van der Waals surface area contributed by atoms with Crippen molar-refractivity contribution in [1.82, 2.24) is 9.29 Å². The molecule has 0 saturated heterocycles. The largest absolute Gasteiger partial charge is 0.329 e. The van der Waals surface area contributed by atoms with Gasteiger partial charge in [-0.1, -0.05) is 18.9 Å². The van der Waals surface area contributed by atoms with Crippen LogP contribution in [0.25, 0.3) is 0 Å². The predicted octanol–water partition coefficient (Wildman–Crippen LogP) is 1.16. The summed E-state index contributed by atoms with van der Waals surface area (Å²) in [5, 5.41) is 0. The second kappa shape index (κ2) is 6.20. The fourth-order valence-electron chi connectivity index (χ4n) is 2.89. The molecule has 6 heteroatoms. The van der Waals surface area contributed by atoms with Crippen molar-refractivity contribution >= 4 is 10.0 Å². The molecule has 0 bridgehead atoms. The molecule has 2 N–H and O–H groups in total. The zero-order valence-electron chi connectivity index (χ0n) is 12.0. The average Bonchev–Trinajstić information content (AvgIpc) is 2.95. The van der Waals surface area contributed by atoms with E-state index in [4.69, 9.17) is 5.73 Å². The molecule has 1 aliphatic carbocycles. The molecule has 5 nitrogen and oxygen atoms in total. The van der Waals surface area contributed by atoms with Crippen LogP contribution < -0.4 is 5.73 Å². The first kappa shape index (κ1) is 15.4. The summed E-state index contributed by atoms with van der Waals surface area (Å²) in [6.45, 7) is 0.395. The number of nitrogens with zero attached hydrogens (tertiary/aromatic N) is 2. The summed E-state index contributed by atoms with van der Waals surface area (Å²) in [7, 11) is -1.63. The second-order valence-electron chi connectivity index (χ2n) is 5.49. The number of pyridine rings is 1. The van der Waals surface area contributed by atoms with Gasteiger partial charge in [-0.25, -0.2) is 8.42 Å². The Morgan fingerprint density at radius 2 is 2.05 bits per heavy atom. The Morgan fingerprint density at radius 1 is 1.35 bits per heavy atom. The van der Waals surface area contributed by atoms with E-state index >= 15 is 0 Å². The van der Waals surface area contributed by atoms with Crippen LogP contribution in [0.3, 0.4) is 0 Å². The summed E-state index contributed by atoms with van der Waals surface area (Å²) < 4.78 is 26.5. The highest BCUT2D eigenvalue weighted by atomic mass is 32.2. The molecule has 1 aliphatic rings. The van der Waals surface area contributed by atoms with Gasteiger partial charge >= 0.3 is 0 Å². The molecule has 0 aliphatic heterocycles. The first-order valence-corrected chi connectivity index (χ1v) is 8.68. The van der Waals surface area contributed by atoms with E-state index < -0.39 is 10.0 Å². The number of sulfonamides is 1. The maximum Gasteiger partial charge on any atom is 0.214 e. The molecule has 0 aromatic carbocycles. The highest BCUT2D eigenvalue weighted by molar-refractivity contribution is 7.89. The molecule has 0 unspecified atom stereocenters. The Bertz CT molecular complexity index is 525. The molecule has 20 heavy (non-hydrogen) atoms. The highest BCUT2D eigenvalue weighted by Crippen LogP contribution is 2.35. The lowest BCUT2D eigenvalue weighted by molar-refractivity contribution is 0.230. The number of aromatic nitrogens is 1. The zero-order valence-corrected chi connectivity index (χ0v) is 12.8. The standard InChI is InChI=1S/C14H23N3O2S/c1-17(14(12-15)8-3-4-9-14)20(18,19)11-7-13-6-2-5-10-16-13/h2,5-6,10H,3-4,7-9,11-12,15H2,1H3. The fourth-order valence-corrected chi connectivity index (χ4v) is 4.48. The van der Waals surface area contributed by atoms with Crippen molar-refractivity contribution < 1.29 is 8.42 Å². The van der Waals surface area contributed by atoms with E-state index in [1.54, 1.807) is 13.2 Å². The third kappa shape index (κ3) is 3.19. The van der Waals surface area contributed by atoms with Gasteiger partial charge in [-0.2, -0.15) is 4.31 Å². The number of aryl methyl sites for hydroxylation is 1. The molecule has 1 heterocycles. The molecule has 1 aromatic rings. The van der Waals surface area contributed by atoms with Gasteiger partial charge in [0.2, 0.25) is 10.0 Å². The van der Waals surface area contributed by atoms with Gasteiger partial charge in [0.05, 0.1) is 5.75 Å². The zero-order chi connectivity index (χ0) is 14.6. The van der Waals surface area contributed by atoms with Gasteiger partial charge in [0.15, 0.2) is 0 Å². The quantitative estimate of drug-likeness (QED) is 0.855. The van der Waals surface area contributed by atoms with Crippen molar-refractivity contribution in [2.24, 2.45) is 5.73 Å². The smallest absolute Gasteiger partial charge is 0.214 e. The third-order valence-corrected chi connectivity index (χ3v) is 6.28. The summed E-state index contributed by atoms with van der Waals surface area (Å²) in [5.41, 5.74) is 6.29. The molecule has 0 spiro atoms. The Balaban J connectivity index is 2.06. The van der Waals surface area contributed by atoms with Crippen molar-refractivity contribution in [3.05, 3.63) is 30.1 Å². The van der Waals surface area contributed by atoms with Crippen molar-refractivity contribution in [2.45, 2.75) is 37.6 Å². The van der Waals surface area contributed by atoms with Crippen LogP contribution in [0, 0.1) is 0 Å². The van der Waals surface area contributed by atoms with Gasteiger partial charge in [0.1, 0.15) is 0 Å². The van der Waals surface area contributed by atoms with Gasteiger partial charge in [0.25, 0.3) is 0 Å². The Morgan fingerprint density at radius 3 is 2.60 bits per heavy atom. The SMILES string of the molecule is CN(C1(CN)CCCC1)S(=O)(=O)CCc1ccccn1. The number of rotatable bonds is 6. The average molecular weight is 297 g/mol. The van der Waals surface area contributed by atoms with Gasteiger partial charge in [0, 0.05) is 37.4 Å². The number of hydrogen-bond acceptors (Lipinski definition) is 4. The van der Waals surface area contributed by atoms with Crippen LogP contribution in [-0.2, 0) is 16.4 Å². The van der Waals surface area contributed by atoms with E-state index in [9.17, 15) is 8.42 Å². The lowest BCUT2D eigenvalue weighted by Crippen LogP contribution is -2.53. The molecule has 0 amide bonds. The molecule has 2 rings (SSSR count). The van der Waals surface area contributed by atoms with Crippen molar-refractivity contribution in [3.63, 3.8) is 0 Å². The maximum atomic E-state index is 12.5. The molecule has 1 saturated carbocycles. The molecule has 0 radical (unpaired) electrons. The number of nitrogens with two attached hydrogens (primary N) is 1. The minimum absolute atomic E-state index is 0.0856. The summed E-state index contributed by atoms with van der Waals surface area (Å²) in [5.74, 6) is 0.0856. The summed E-state index contributed by atoms with van der Waals surface area (Å²) in [6, 6.07) is 5.55. The highest BCUT2D eigenvalue weighted by Gasteiger charge is 2.41. The van der Waals surface area contributed by atoms with Crippen LogP contribution in [-0.4, -0.2) is 42.6 Å². The van der Waals surface area contributed by atoms with Crippen LogP contribution in [0.4, 0.5) is 0 Å². The lowest BCUT2D eigenvalue weighted by Gasteiger charge is -2.36. The summed E-state index contributed by atoms with van der Waals surface area (Å²) in [6.07, 6.45) is 5.96. The van der Waals surface area contributed by atoms with Gasteiger partial charge in [-0.05, 0) is 25.0 Å². The molecular weight excluding hydrogens is 274 g/mol. The monoisotopic (exact) mass is 297 g/mol. The second-order valence-corrected chi connectivity index (χ2v) is 7.61. The van der Waals surface area contributed by atoms with E-state index in [-0.39, 0.29) is 11.3 Å². The van der Waals surface area contributed by atoms with Crippen LogP contribution in [0.5, 0.6) is 0 Å². The number of likely N-dealkylation sites (N-methyl/N-ethyl adjacent to an activating group) is 1. The van der Waals surface area contributed by atoms with Gasteiger partial charge in [-0.15, -0.1) is 0 Å². The summed E-state index contributed by atoms with van der Waals surface area (Å²) in [4.78, 5) is 4.17. The van der Waals surface area contributed by atoms with Crippen molar-refractivity contribution in [2.75, 3.05) is 19.3 Å². The maximum absolute atomic E-state index is 12.5. The molecule has 0 atom stereocenters. The molecular formula is C14H23N3O2S. The molecule has 112 valence electrons. The van der Waals surface area contributed by atoms with Crippen LogP contribution in [0.15, 0.2) is 24.4 Å².